The van der Waals surface area contributed by atoms with E-state index < -0.39 is 5.60 Å². The summed E-state index contributed by atoms with van der Waals surface area (Å²) in [5, 5.41) is 11.0. The molecule has 0 spiro atoms. The van der Waals surface area contributed by atoms with Gasteiger partial charge in [0.25, 0.3) is 0 Å². The molecule has 19 heavy (non-hydrogen) atoms. The minimum atomic E-state index is -0.583. The lowest BCUT2D eigenvalue weighted by Crippen LogP contribution is -2.40. The molecule has 1 aliphatic rings. The topological polar surface area (TPSA) is 49.2 Å². The van der Waals surface area contributed by atoms with E-state index in [1.807, 2.05) is 11.9 Å². The van der Waals surface area contributed by atoms with Crippen LogP contribution in [0, 0.1) is 0 Å². The third kappa shape index (κ3) is 3.18. The zero-order valence-electron chi connectivity index (χ0n) is 11.9. The average Bonchev–Trinajstić information content (AvgIpc) is 2.74. The summed E-state index contributed by atoms with van der Waals surface area (Å²) >= 11 is 6.18. The van der Waals surface area contributed by atoms with Crippen LogP contribution in [0.2, 0.25) is 5.15 Å². The fraction of sp³-hybridized carbons (Fsp3) is 0.714. The molecule has 2 rings (SSSR count). The van der Waals surface area contributed by atoms with Gasteiger partial charge in [0, 0.05) is 19.2 Å². The Morgan fingerprint density at radius 2 is 2.00 bits per heavy atom. The van der Waals surface area contributed by atoms with Crippen LogP contribution in [0.25, 0.3) is 0 Å². The van der Waals surface area contributed by atoms with Crippen molar-refractivity contribution in [2.75, 3.05) is 18.5 Å². The molecule has 0 saturated heterocycles. The van der Waals surface area contributed by atoms with Gasteiger partial charge in [-0.3, -0.25) is 0 Å². The Labute approximate surface area is 119 Å². The van der Waals surface area contributed by atoms with Gasteiger partial charge in [0.2, 0.25) is 0 Å². The van der Waals surface area contributed by atoms with Gasteiger partial charge in [-0.15, -0.1) is 0 Å². The van der Waals surface area contributed by atoms with Gasteiger partial charge in [-0.2, -0.15) is 0 Å². The number of likely N-dealkylation sites (N-methyl/N-ethyl adjacent to an activating group) is 1. The van der Waals surface area contributed by atoms with Crippen molar-refractivity contribution in [2.24, 2.45) is 0 Å². The van der Waals surface area contributed by atoms with Crippen LogP contribution < -0.4 is 4.90 Å². The van der Waals surface area contributed by atoms with Gasteiger partial charge in [-0.25, -0.2) is 9.97 Å². The maximum Gasteiger partial charge on any atom is 0.138 e. The molecular formula is C14H22ClN3O. The van der Waals surface area contributed by atoms with Crippen molar-refractivity contribution in [2.45, 2.75) is 51.0 Å². The normalized spacial score (nSPS) is 18.0. The van der Waals surface area contributed by atoms with Crippen molar-refractivity contribution in [3.8, 4) is 0 Å². The van der Waals surface area contributed by atoms with Gasteiger partial charge >= 0.3 is 0 Å². The quantitative estimate of drug-likeness (QED) is 0.863. The summed E-state index contributed by atoms with van der Waals surface area (Å²) in [7, 11) is 1.96. The Balaban J connectivity index is 2.23. The number of halogens is 1. The lowest BCUT2D eigenvalue weighted by molar-refractivity contribution is 0.0557. The minimum Gasteiger partial charge on any atom is -0.388 e. The van der Waals surface area contributed by atoms with Crippen LogP contribution in [0.15, 0.2) is 6.33 Å². The summed E-state index contributed by atoms with van der Waals surface area (Å²) in [4.78, 5) is 10.4. The highest BCUT2D eigenvalue weighted by Crippen LogP contribution is 2.34. The van der Waals surface area contributed by atoms with Crippen LogP contribution in [0.5, 0.6) is 0 Å². The van der Waals surface area contributed by atoms with Crippen LogP contribution in [-0.4, -0.2) is 34.3 Å². The average molecular weight is 284 g/mol. The Kier molecular flexibility index (Phi) is 4.31. The molecule has 1 saturated carbocycles. The zero-order valence-corrected chi connectivity index (χ0v) is 12.6. The predicted molar refractivity (Wildman–Crippen MR) is 77.8 cm³/mol. The third-order valence-corrected chi connectivity index (χ3v) is 4.12. The first-order chi connectivity index (χ1) is 8.93. The van der Waals surface area contributed by atoms with Crippen molar-refractivity contribution in [1.29, 1.82) is 0 Å². The smallest absolute Gasteiger partial charge is 0.138 e. The maximum atomic E-state index is 10.5. The number of aromatic nitrogens is 2. The van der Waals surface area contributed by atoms with E-state index in [1.54, 1.807) is 0 Å². The second kappa shape index (κ2) is 5.63. The summed E-state index contributed by atoms with van der Waals surface area (Å²) in [6.45, 7) is 4.75. The molecule has 0 aromatic carbocycles. The van der Waals surface area contributed by atoms with Gasteiger partial charge in [-0.1, -0.05) is 38.3 Å². The molecule has 0 bridgehead atoms. The first kappa shape index (κ1) is 14.5. The first-order valence-electron chi connectivity index (χ1n) is 6.87. The molecule has 0 aliphatic heterocycles. The molecular weight excluding hydrogens is 262 g/mol. The van der Waals surface area contributed by atoms with E-state index in [9.17, 15) is 5.11 Å². The Hall–Kier alpha value is -0.870. The summed E-state index contributed by atoms with van der Waals surface area (Å²) in [5.74, 6) is 1.08. The van der Waals surface area contributed by atoms with Crippen molar-refractivity contribution in [3.63, 3.8) is 0 Å². The molecule has 0 radical (unpaired) electrons. The number of aliphatic hydroxyl groups is 1. The first-order valence-corrected chi connectivity index (χ1v) is 7.25. The molecule has 1 aliphatic carbocycles. The third-order valence-electron chi connectivity index (χ3n) is 3.82. The summed E-state index contributed by atoms with van der Waals surface area (Å²) in [6, 6.07) is 0. The highest BCUT2D eigenvalue weighted by atomic mass is 35.5. The number of rotatable bonds is 4. The molecule has 0 amide bonds. The van der Waals surface area contributed by atoms with Crippen molar-refractivity contribution in [3.05, 3.63) is 17.0 Å². The molecule has 106 valence electrons. The number of nitrogens with zero attached hydrogens (tertiary/aromatic N) is 3. The van der Waals surface area contributed by atoms with E-state index in [2.05, 4.69) is 23.8 Å². The summed E-state index contributed by atoms with van der Waals surface area (Å²) < 4.78 is 0. The Bertz CT molecular complexity index is 444. The van der Waals surface area contributed by atoms with Crippen LogP contribution in [0.1, 0.15) is 51.0 Å². The minimum absolute atomic E-state index is 0.254. The molecule has 1 aromatic rings. The lowest BCUT2D eigenvalue weighted by atomic mass is 10.0. The van der Waals surface area contributed by atoms with E-state index in [1.165, 1.54) is 6.33 Å². The predicted octanol–water partition coefficient (Wildman–Crippen LogP) is 2.99. The largest absolute Gasteiger partial charge is 0.388 e. The fourth-order valence-corrected chi connectivity index (χ4v) is 3.22. The molecule has 4 nitrogen and oxygen atoms in total. The molecule has 1 N–H and O–H groups in total. The fourth-order valence-electron chi connectivity index (χ4n) is 2.87. The summed E-state index contributed by atoms with van der Waals surface area (Å²) in [6.07, 6.45) is 5.43. The second-order valence-electron chi connectivity index (χ2n) is 5.84. The Morgan fingerprint density at radius 3 is 2.58 bits per heavy atom. The van der Waals surface area contributed by atoms with Crippen LogP contribution in [0.4, 0.5) is 5.82 Å². The molecule has 5 heteroatoms. The number of hydrogen-bond acceptors (Lipinski definition) is 4. The summed E-state index contributed by atoms with van der Waals surface area (Å²) in [5.41, 5.74) is 0.369. The van der Waals surface area contributed by atoms with E-state index in [0.717, 1.165) is 37.1 Å². The monoisotopic (exact) mass is 283 g/mol. The molecule has 0 unspecified atom stereocenters. The van der Waals surface area contributed by atoms with Gasteiger partial charge in [0.1, 0.15) is 17.3 Å². The highest BCUT2D eigenvalue weighted by Gasteiger charge is 2.33. The highest BCUT2D eigenvalue weighted by molar-refractivity contribution is 6.30. The van der Waals surface area contributed by atoms with Crippen LogP contribution >= 0.6 is 11.6 Å². The second-order valence-corrected chi connectivity index (χ2v) is 6.20. The Morgan fingerprint density at radius 1 is 1.37 bits per heavy atom. The molecule has 0 atom stereocenters. The SMILES string of the molecule is CC(C)c1c(Cl)ncnc1N(C)CC1(O)CCCC1. The number of hydrogen-bond donors (Lipinski definition) is 1. The molecule has 1 heterocycles. The maximum absolute atomic E-state index is 10.5. The van der Waals surface area contributed by atoms with Gasteiger partial charge in [0.15, 0.2) is 0 Å². The molecule has 1 aromatic heterocycles. The standard InChI is InChI=1S/C14H22ClN3O/c1-10(2)11-12(15)16-9-17-13(11)18(3)8-14(19)6-4-5-7-14/h9-10,19H,4-8H2,1-3H3. The van der Waals surface area contributed by atoms with Crippen molar-refractivity contribution in [1.82, 2.24) is 9.97 Å². The van der Waals surface area contributed by atoms with E-state index >= 15 is 0 Å². The van der Waals surface area contributed by atoms with Crippen molar-refractivity contribution >= 4 is 17.4 Å². The van der Waals surface area contributed by atoms with E-state index in [4.69, 9.17) is 11.6 Å². The zero-order chi connectivity index (χ0) is 14.0. The van der Waals surface area contributed by atoms with E-state index in [-0.39, 0.29) is 5.92 Å². The van der Waals surface area contributed by atoms with Gasteiger partial charge in [0.05, 0.1) is 5.60 Å². The molecule has 1 fully saturated rings. The number of anilines is 1. The van der Waals surface area contributed by atoms with Crippen LogP contribution in [0.3, 0.4) is 0 Å². The van der Waals surface area contributed by atoms with Gasteiger partial charge in [-0.05, 0) is 18.8 Å². The van der Waals surface area contributed by atoms with Crippen molar-refractivity contribution < 1.29 is 5.11 Å². The lowest BCUT2D eigenvalue weighted by Gasteiger charge is -2.31. The van der Waals surface area contributed by atoms with Crippen LogP contribution in [-0.2, 0) is 0 Å². The van der Waals surface area contributed by atoms with Gasteiger partial charge < -0.3 is 10.0 Å². The van der Waals surface area contributed by atoms with E-state index in [0.29, 0.717) is 11.7 Å².